The summed E-state index contributed by atoms with van der Waals surface area (Å²) in [6.07, 6.45) is 5.53. The molecule has 0 saturated carbocycles. The molecule has 0 saturated heterocycles. The van der Waals surface area contributed by atoms with Crippen LogP contribution in [0.5, 0.6) is 5.75 Å². The molecule has 0 aromatic carbocycles. The first-order valence-electron chi connectivity index (χ1n) is 6.55. The van der Waals surface area contributed by atoms with Crippen molar-refractivity contribution in [3.05, 3.63) is 18.3 Å². The second-order valence-corrected chi connectivity index (χ2v) is 4.60. The Morgan fingerprint density at radius 1 is 1.35 bits per heavy atom. The fourth-order valence-electron chi connectivity index (χ4n) is 1.68. The largest absolute Gasteiger partial charge is 0.490 e. The highest BCUT2D eigenvalue weighted by Crippen LogP contribution is 2.20. The summed E-state index contributed by atoms with van der Waals surface area (Å²) in [6.45, 7) is 8.15. The Hall–Kier alpha value is -1.25. The Labute approximate surface area is 105 Å². The number of rotatable bonds is 8. The van der Waals surface area contributed by atoms with Crippen LogP contribution in [0.3, 0.4) is 0 Å². The number of anilines is 1. The van der Waals surface area contributed by atoms with E-state index in [9.17, 15) is 0 Å². The van der Waals surface area contributed by atoms with Crippen LogP contribution in [0, 0.1) is 5.92 Å². The zero-order chi connectivity index (χ0) is 12.5. The van der Waals surface area contributed by atoms with Gasteiger partial charge in [0.2, 0.25) is 0 Å². The first kappa shape index (κ1) is 13.8. The van der Waals surface area contributed by atoms with Crippen LogP contribution in [0.4, 0.5) is 5.82 Å². The lowest BCUT2D eigenvalue weighted by Crippen LogP contribution is -2.06. The van der Waals surface area contributed by atoms with Gasteiger partial charge >= 0.3 is 0 Å². The molecule has 3 nitrogen and oxygen atoms in total. The van der Waals surface area contributed by atoms with E-state index in [-0.39, 0.29) is 0 Å². The lowest BCUT2D eigenvalue weighted by atomic mass is 10.1. The van der Waals surface area contributed by atoms with Crippen LogP contribution < -0.4 is 10.1 Å². The Bertz CT molecular complexity index is 313. The summed E-state index contributed by atoms with van der Waals surface area (Å²) in [7, 11) is 0. The third-order valence-corrected chi connectivity index (χ3v) is 2.57. The molecule has 0 bridgehead atoms. The highest BCUT2D eigenvalue weighted by molar-refractivity contribution is 5.49. The Balaban J connectivity index is 2.30. The number of aromatic nitrogens is 1. The van der Waals surface area contributed by atoms with E-state index in [2.05, 4.69) is 24.1 Å². The minimum Gasteiger partial charge on any atom is -0.490 e. The number of nitrogens with zero attached hydrogens (tertiary/aromatic N) is 1. The molecule has 0 fully saturated rings. The van der Waals surface area contributed by atoms with E-state index in [0.29, 0.717) is 6.61 Å². The van der Waals surface area contributed by atoms with Crippen molar-refractivity contribution in [2.75, 3.05) is 18.5 Å². The maximum atomic E-state index is 5.51. The molecule has 0 amide bonds. The fourth-order valence-corrected chi connectivity index (χ4v) is 1.68. The molecule has 17 heavy (non-hydrogen) atoms. The minimum atomic E-state index is 0.674. The third-order valence-electron chi connectivity index (χ3n) is 2.57. The van der Waals surface area contributed by atoms with Crippen molar-refractivity contribution in [1.29, 1.82) is 0 Å². The van der Waals surface area contributed by atoms with Gasteiger partial charge in [-0.15, -0.1) is 0 Å². The molecule has 1 rings (SSSR count). The molecule has 1 aromatic heterocycles. The topological polar surface area (TPSA) is 34.1 Å². The standard InChI is InChI=1S/C14H24N2O/c1-4-17-13-9-7-11-16-14(13)15-10-6-5-8-12(2)3/h7,9,11-12H,4-6,8,10H2,1-3H3,(H,15,16). The van der Waals surface area contributed by atoms with Gasteiger partial charge in [0.1, 0.15) is 0 Å². The summed E-state index contributed by atoms with van der Waals surface area (Å²) in [4.78, 5) is 4.29. The van der Waals surface area contributed by atoms with Crippen LogP contribution in [-0.2, 0) is 0 Å². The number of hydrogen-bond donors (Lipinski definition) is 1. The van der Waals surface area contributed by atoms with Crippen molar-refractivity contribution in [2.24, 2.45) is 5.92 Å². The van der Waals surface area contributed by atoms with Crippen molar-refractivity contribution in [3.63, 3.8) is 0 Å². The molecule has 0 unspecified atom stereocenters. The summed E-state index contributed by atoms with van der Waals surface area (Å²) in [6, 6.07) is 3.85. The van der Waals surface area contributed by atoms with Gasteiger partial charge in [0.05, 0.1) is 6.61 Å². The van der Waals surface area contributed by atoms with Gasteiger partial charge in [-0.25, -0.2) is 4.98 Å². The minimum absolute atomic E-state index is 0.674. The van der Waals surface area contributed by atoms with Gasteiger partial charge in [0, 0.05) is 12.7 Å². The smallest absolute Gasteiger partial charge is 0.168 e. The van der Waals surface area contributed by atoms with Crippen molar-refractivity contribution in [2.45, 2.75) is 40.0 Å². The van der Waals surface area contributed by atoms with Crippen molar-refractivity contribution in [1.82, 2.24) is 4.98 Å². The maximum absolute atomic E-state index is 5.51. The SMILES string of the molecule is CCOc1cccnc1NCCCCC(C)C. The van der Waals surface area contributed by atoms with Gasteiger partial charge < -0.3 is 10.1 Å². The highest BCUT2D eigenvalue weighted by atomic mass is 16.5. The average molecular weight is 236 g/mol. The summed E-state index contributed by atoms with van der Waals surface area (Å²) < 4.78 is 5.51. The van der Waals surface area contributed by atoms with Crippen molar-refractivity contribution in [3.8, 4) is 5.75 Å². The van der Waals surface area contributed by atoms with Gasteiger partial charge in [-0.3, -0.25) is 0 Å². The summed E-state index contributed by atoms with van der Waals surface area (Å²) >= 11 is 0. The normalized spacial score (nSPS) is 10.6. The molecule has 0 aliphatic carbocycles. The molecule has 0 atom stereocenters. The molecule has 0 aliphatic rings. The van der Waals surface area contributed by atoms with Gasteiger partial charge in [0.15, 0.2) is 11.6 Å². The molecular weight excluding hydrogens is 212 g/mol. The number of hydrogen-bond acceptors (Lipinski definition) is 3. The Morgan fingerprint density at radius 2 is 2.18 bits per heavy atom. The van der Waals surface area contributed by atoms with E-state index in [1.165, 1.54) is 19.3 Å². The van der Waals surface area contributed by atoms with E-state index >= 15 is 0 Å². The average Bonchev–Trinajstić information content (AvgIpc) is 2.31. The second-order valence-electron chi connectivity index (χ2n) is 4.60. The number of unbranched alkanes of at least 4 members (excludes halogenated alkanes) is 1. The molecular formula is C14H24N2O. The van der Waals surface area contributed by atoms with Crippen LogP contribution in [0.15, 0.2) is 18.3 Å². The zero-order valence-electron chi connectivity index (χ0n) is 11.2. The molecule has 0 spiro atoms. The summed E-state index contributed by atoms with van der Waals surface area (Å²) in [5.74, 6) is 2.50. The first-order chi connectivity index (χ1) is 8.24. The van der Waals surface area contributed by atoms with Gasteiger partial charge in [0.25, 0.3) is 0 Å². The van der Waals surface area contributed by atoms with Gasteiger partial charge in [-0.1, -0.05) is 26.7 Å². The Kier molecular flexibility index (Phi) is 6.45. The first-order valence-corrected chi connectivity index (χ1v) is 6.55. The zero-order valence-corrected chi connectivity index (χ0v) is 11.2. The van der Waals surface area contributed by atoms with Crippen LogP contribution in [-0.4, -0.2) is 18.1 Å². The third kappa shape index (κ3) is 5.57. The predicted octanol–water partition coefficient (Wildman–Crippen LogP) is 3.72. The van der Waals surface area contributed by atoms with Crippen molar-refractivity contribution < 1.29 is 4.74 Å². The number of pyridine rings is 1. The van der Waals surface area contributed by atoms with Gasteiger partial charge in [-0.2, -0.15) is 0 Å². The molecule has 3 heteroatoms. The van der Waals surface area contributed by atoms with E-state index in [1.807, 2.05) is 19.1 Å². The van der Waals surface area contributed by atoms with E-state index in [0.717, 1.165) is 24.0 Å². The van der Waals surface area contributed by atoms with E-state index in [1.54, 1.807) is 6.20 Å². The highest BCUT2D eigenvalue weighted by Gasteiger charge is 2.02. The predicted molar refractivity (Wildman–Crippen MR) is 72.6 cm³/mol. The summed E-state index contributed by atoms with van der Waals surface area (Å²) in [5, 5.41) is 3.34. The molecule has 0 aliphatic heterocycles. The lowest BCUT2D eigenvalue weighted by Gasteiger charge is -2.11. The lowest BCUT2D eigenvalue weighted by molar-refractivity contribution is 0.340. The maximum Gasteiger partial charge on any atom is 0.168 e. The Morgan fingerprint density at radius 3 is 2.88 bits per heavy atom. The number of nitrogens with one attached hydrogen (secondary N) is 1. The van der Waals surface area contributed by atoms with Crippen LogP contribution in [0.1, 0.15) is 40.0 Å². The van der Waals surface area contributed by atoms with E-state index in [4.69, 9.17) is 4.74 Å². The second kappa shape index (κ2) is 7.93. The molecule has 96 valence electrons. The van der Waals surface area contributed by atoms with Crippen LogP contribution >= 0.6 is 0 Å². The van der Waals surface area contributed by atoms with Gasteiger partial charge in [-0.05, 0) is 31.4 Å². The molecule has 1 aromatic rings. The summed E-state index contributed by atoms with van der Waals surface area (Å²) in [5.41, 5.74) is 0. The molecule has 1 heterocycles. The quantitative estimate of drug-likeness (QED) is 0.698. The van der Waals surface area contributed by atoms with Crippen molar-refractivity contribution >= 4 is 5.82 Å². The molecule has 1 N–H and O–H groups in total. The number of ether oxygens (including phenoxy) is 1. The van der Waals surface area contributed by atoms with E-state index < -0.39 is 0 Å². The van der Waals surface area contributed by atoms with Crippen LogP contribution in [0.2, 0.25) is 0 Å². The fraction of sp³-hybridized carbons (Fsp3) is 0.643. The monoisotopic (exact) mass is 236 g/mol. The van der Waals surface area contributed by atoms with Crippen LogP contribution in [0.25, 0.3) is 0 Å². The molecule has 0 radical (unpaired) electrons.